The number of ether oxygens (including phenoxy) is 2. The number of methoxy groups -OCH3 is 2. The number of benzene rings is 1. The van der Waals surface area contributed by atoms with Gasteiger partial charge in [-0.25, -0.2) is 9.24 Å². The lowest BCUT2D eigenvalue weighted by atomic mass is 9.94. The standard InChI is InChI=1S/C12H17ClNO5P/c1-18-11-5-8-3-4-14(20(15,16)17)10(7-13)9(8)6-12(11)19-2/h5-6,10H,3-4,7H2,1-2H3,(H2,15,16,17). The summed E-state index contributed by atoms with van der Waals surface area (Å²) < 4.78 is 23.2. The normalized spacial score (nSPS) is 19.6. The Bertz CT molecular complexity index is 547. The summed E-state index contributed by atoms with van der Waals surface area (Å²) >= 11 is 5.92. The average Bonchev–Trinajstić information content (AvgIpc) is 2.43. The number of hydrogen-bond donors (Lipinski definition) is 2. The van der Waals surface area contributed by atoms with Gasteiger partial charge in [-0.2, -0.15) is 0 Å². The van der Waals surface area contributed by atoms with Gasteiger partial charge in [-0.3, -0.25) is 0 Å². The Hall–Kier alpha value is -0.780. The van der Waals surface area contributed by atoms with Crippen LogP contribution in [0, 0.1) is 0 Å². The molecule has 1 aliphatic heterocycles. The molecule has 6 nitrogen and oxygen atoms in total. The number of alkyl halides is 1. The molecular formula is C12H17ClNO5P. The largest absolute Gasteiger partial charge is 0.493 e. The number of rotatable bonds is 4. The lowest BCUT2D eigenvalue weighted by molar-refractivity contribution is 0.228. The quantitative estimate of drug-likeness (QED) is 0.651. The van der Waals surface area contributed by atoms with E-state index in [-0.39, 0.29) is 12.4 Å². The van der Waals surface area contributed by atoms with Crippen LogP contribution in [-0.2, 0) is 11.0 Å². The van der Waals surface area contributed by atoms with Gasteiger partial charge < -0.3 is 19.3 Å². The number of halogens is 1. The van der Waals surface area contributed by atoms with Crippen LogP contribution in [0.2, 0.25) is 0 Å². The fraction of sp³-hybridized carbons (Fsp3) is 0.500. The Labute approximate surface area is 122 Å². The summed E-state index contributed by atoms with van der Waals surface area (Å²) in [5.74, 6) is 1.21. The van der Waals surface area contributed by atoms with Gasteiger partial charge in [0.25, 0.3) is 0 Å². The molecule has 112 valence electrons. The summed E-state index contributed by atoms with van der Waals surface area (Å²) in [5.41, 5.74) is 1.74. The van der Waals surface area contributed by atoms with Gasteiger partial charge >= 0.3 is 7.75 Å². The third-order valence-electron chi connectivity index (χ3n) is 3.46. The highest BCUT2D eigenvalue weighted by atomic mass is 35.5. The van der Waals surface area contributed by atoms with Crippen LogP contribution in [0.15, 0.2) is 12.1 Å². The molecule has 0 fully saturated rings. The molecule has 0 bridgehead atoms. The number of fused-ring (bicyclic) bond motifs is 1. The van der Waals surface area contributed by atoms with Gasteiger partial charge in [-0.1, -0.05) is 0 Å². The van der Waals surface area contributed by atoms with E-state index in [9.17, 15) is 14.4 Å². The molecular weight excluding hydrogens is 305 g/mol. The van der Waals surface area contributed by atoms with Crippen LogP contribution in [0.4, 0.5) is 0 Å². The summed E-state index contributed by atoms with van der Waals surface area (Å²) in [6.45, 7) is 0.254. The second kappa shape index (κ2) is 5.92. The minimum Gasteiger partial charge on any atom is -0.493 e. The van der Waals surface area contributed by atoms with E-state index in [4.69, 9.17) is 21.1 Å². The monoisotopic (exact) mass is 321 g/mol. The molecule has 1 aromatic carbocycles. The van der Waals surface area contributed by atoms with E-state index < -0.39 is 13.8 Å². The summed E-state index contributed by atoms with van der Waals surface area (Å²) in [7, 11) is -1.27. The molecule has 0 spiro atoms. The molecule has 0 aliphatic carbocycles. The molecule has 1 aliphatic rings. The predicted octanol–water partition coefficient (Wildman–Crippen LogP) is 1.93. The second-order valence-electron chi connectivity index (χ2n) is 4.50. The first-order valence-electron chi connectivity index (χ1n) is 6.05. The smallest absolute Gasteiger partial charge is 0.403 e. The average molecular weight is 322 g/mol. The Kier molecular flexibility index (Phi) is 4.62. The van der Waals surface area contributed by atoms with E-state index in [1.54, 1.807) is 13.2 Å². The molecule has 1 aromatic rings. The highest BCUT2D eigenvalue weighted by Crippen LogP contribution is 2.50. The van der Waals surface area contributed by atoms with Gasteiger partial charge in [-0.15, -0.1) is 11.6 Å². The minimum atomic E-state index is -4.33. The van der Waals surface area contributed by atoms with Crippen molar-refractivity contribution in [1.82, 2.24) is 4.67 Å². The van der Waals surface area contributed by atoms with Crippen LogP contribution >= 0.6 is 19.3 Å². The van der Waals surface area contributed by atoms with E-state index in [0.717, 1.165) is 15.8 Å². The van der Waals surface area contributed by atoms with Gasteiger partial charge in [0.2, 0.25) is 0 Å². The molecule has 0 radical (unpaired) electrons. The van der Waals surface area contributed by atoms with Crippen molar-refractivity contribution in [3.8, 4) is 11.5 Å². The van der Waals surface area contributed by atoms with Crippen LogP contribution in [0.3, 0.4) is 0 Å². The van der Waals surface area contributed by atoms with Crippen molar-refractivity contribution in [2.24, 2.45) is 0 Å². The fourth-order valence-corrected chi connectivity index (χ4v) is 3.85. The Morgan fingerprint density at radius 2 is 1.95 bits per heavy atom. The topological polar surface area (TPSA) is 79.2 Å². The number of nitrogens with zero attached hydrogens (tertiary/aromatic N) is 1. The van der Waals surface area contributed by atoms with E-state index >= 15 is 0 Å². The molecule has 1 unspecified atom stereocenters. The fourth-order valence-electron chi connectivity index (χ4n) is 2.49. The molecule has 2 N–H and O–H groups in total. The molecule has 20 heavy (non-hydrogen) atoms. The Balaban J connectivity index is 2.51. The van der Waals surface area contributed by atoms with Crippen molar-refractivity contribution in [2.75, 3.05) is 26.6 Å². The molecule has 2 rings (SSSR count). The summed E-state index contributed by atoms with van der Waals surface area (Å²) in [6.07, 6.45) is 0.522. The maximum Gasteiger partial charge on any atom is 0.403 e. The van der Waals surface area contributed by atoms with Crippen molar-refractivity contribution in [2.45, 2.75) is 12.5 Å². The maximum atomic E-state index is 11.5. The van der Waals surface area contributed by atoms with E-state index in [0.29, 0.717) is 17.9 Å². The highest BCUT2D eigenvalue weighted by molar-refractivity contribution is 7.49. The maximum absolute atomic E-state index is 11.5. The first-order valence-corrected chi connectivity index (χ1v) is 8.15. The Morgan fingerprint density at radius 3 is 2.45 bits per heavy atom. The Morgan fingerprint density at radius 1 is 1.35 bits per heavy atom. The van der Waals surface area contributed by atoms with Gasteiger partial charge in [0.05, 0.1) is 20.3 Å². The zero-order chi connectivity index (χ0) is 14.9. The molecule has 1 atom stereocenters. The van der Waals surface area contributed by atoms with Crippen LogP contribution in [0.25, 0.3) is 0 Å². The molecule has 0 saturated heterocycles. The van der Waals surface area contributed by atoms with E-state index in [1.165, 1.54) is 7.11 Å². The van der Waals surface area contributed by atoms with Crippen molar-refractivity contribution in [1.29, 1.82) is 0 Å². The molecule has 8 heteroatoms. The second-order valence-corrected chi connectivity index (χ2v) is 6.35. The number of hydrogen-bond acceptors (Lipinski definition) is 3. The van der Waals surface area contributed by atoms with E-state index in [2.05, 4.69) is 0 Å². The van der Waals surface area contributed by atoms with E-state index in [1.807, 2.05) is 6.07 Å². The third-order valence-corrected chi connectivity index (χ3v) is 4.90. The van der Waals surface area contributed by atoms with Crippen LogP contribution in [0.1, 0.15) is 17.2 Å². The minimum absolute atomic E-state index is 0.0909. The first kappa shape index (κ1) is 15.6. The van der Waals surface area contributed by atoms with Gasteiger partial charge in [0, 0.05) is 12.4 Å². The summed E-state index contributed by atoms with van der Waals surface area (Å²) in [5, 5.41) is 0. The first-order chi connectivity index (χ1) is 9.42. The third kappa shape index (κ3) is 2.80. The predicted molar refractivity (Wildman–Crippen MR) is 75.5 cm³/mol. The van der Waals surface area contributed by atoms with Crippen LogP contribution in [-0.4, -0.2) is 41.1 Å². The summed E-state index contributed by atoms with van der Waals surface area (Å²) in [4.78, 5) is 18.8. The lowest BCUT2D eigenvalue weighted by Crippen LogP contribution is -2.34. The zero-order valence-corrected chi connectivity index (χ0v) is 12.9. The molecule has 1 heterocycles. The lowest BCUT2D eigenvalue weighted by Gasteiger charge is -2.36. The highest BCUT2D eigenvalue weighted by Gasteiger charge is 2.37. The van der Waals surface area contributed by atoms with Crippen molar-refractivity contribution >= 4 is 19.3 Å². The molecule has 0 amide bonds. The zero-order valence-electron chi connectivity index (χ0n) is 11.2. The van der Waals surface area contributed by atoms with Gasteiger partial charge in [0.1, 0.15) is 0 Å². The van der Waals surface area contributed by atoms with Crippen LogP contribution < -0.4 is 9.47 Å². The van der Waals surface area contributed by atoms with Crippen molar-refractivity contribution < 1.29 is 23.8 Å². The van der Waals surface area contributed by atoms with Crippen molar-refractivity contribution in [3.05, 3.63) is 23.3 Å². The van der Waals surface area contributed by atoms with Gasteiger partial charge in [0.15, 0.2) is 11.5 Å². The van der Waals surface area contributed by atoms with Crippen molar-refractivity contribution in [3.63, 3.8) is 0 Å². The molecule has 0 aromatic heterocycles. The molecule has 0 saturated carbocycles. The summed E-state index contributed by atoms with van der Waals surface area (Å²) in [6, 6.07) is 3.04. The van der Waals surface area contributed by atoms with Crippen LogP contribution in [0.5, 0.6) is 11.5 Å². The SMILES string of the molecule is COc1cc2c(cc1OC)C(CCl)N(P(=O)(O)O)CC2. The van der Waals surface area contributed by atoms with Gasteiger partial charge in [-0.05, 0) is 29.7 Å².